The molecule has 0 fully saturated rings. The molecule has 0 radical (unpaired) electrons. The van der Waals surface area contributed by atoms with E-state index in [2.05, 4.69) is 17.1 Å². The van der Waals surface area contributed by atoms with Crippen LogP contribution in [0.5, 0.6) is 5.75 Å². The number of benzene rings is 2. The van der Waals surface area contributed by atoms with Crippen molar-refractivity contribution in [3.05, 3.63) is 76.6 Å². The average molecular weight is 359 g/mol. The largest absolute Gasteiger partial charge is 0.487 e. The Balaban J connectivity index is 1.84. The second kappa shape index (κ2) is 8.19. The first kappa shape index (κ1) is 17.5. The Morgan fingerprint density at radius 3 is 2.72 bits per heavy atom. The van der Waals surface area contributed by atoms with E-state index < -0.39 is 0 Å². The van der Waals surface area contributed by atoms with Crippen LogP contribution in [0, 0.1) is 5.82 Å². The molecule has 0 saturated heterocycles. The summed E-state index contributed by atoms with van der Waals surface area (Å²) in [6.07, 6.45) is 8.11. The first-order valence-corrected chi connectivity index (χ1v) is 8.52. The lowest BCUT2D eigenvalue weighted by atomic mass is 10.1. The number of halogens is 2. The second-order valence-corrected chi connectivity index (χ2v) is 6.18. The minimum atomic E-state index is -0.282. The van der Waals surface area contributed by atoms with Crippen LogP contribution in [0.3, 0.4) is 0 Å². The summed E-state index contributed by atoms with van der Waals surface area (Å²) in [5, 5.41) is 0.531. The summed E-state index contributed by atoms with van der Waals surface area (Å²) in [5.74, 6) is 0.286. The summed E-state index contributed by atoms with van der Waals surface area (Å²) < 4.78 is 19.1. The maximum atomic E-state index is 13.3. The fourth-order valence-corrected chi connectivity index (χ4v) is 2.95. The molecule has 0 aromatic heterocycles. The summed E-state index contributed by atoms with van der Waals surface area (Å²) in [6.45, 7) is 2.41. The first-order valence-electron chi connectivity index (χ1n) is 8.14. The quantitative estimate of drug-likeness (QED) is 0.777. The van der Waals surface area contributed by atoms with E-state index in [1.165, 1.54) is 12.1 Å². The highest BCUT2D eigenvalue weighted by atomic mass is 35.5. The van der Waals surface area contributed by atoms with Gasteiger partial charge in [0.15, 0.2) is 0 Å². The molecule has 25 heavy (non-hydrogen) atoms. The molecule has 5 heteroatoms. The van der Waals surface area contributed by atoms with Gasteiger partial charge in [-0.05, 0) is 29.8 Å². The molecule has 0 atom stereocenters. The van der Waals surface area contributed by atoms with Crippen LogP contribution < -0.4 is 15.4 Å². The van der Waals surface area contributed by atoms with Crippen molar-refractivity contribution < 1.29 is 9.13 Å². The molecule has 2 aromatic carbocycles. The monoisotopic (exact) mass is 358 g/mol. The molecular weight excluding hydrogens is 339 g/mol. The third-order valence-electron chi connectivity index (χ3n) is 3.96. The van der Waals surface area contributed by atoms with E-state index in [4.69, 9.17) is 22.1 Å². The Kier molecular flexibility index (Phi) is 5.74. The van der Waals surface area contributed by atoms with Gasteiger partial charge in [0.05, 0.1) is 5.02 Å². The van der Waals surface area contributed by atoms with Crippen molar-refractivity contribution in [2.75, 3.05) is 24.5 Å². The predicted molar refractivity (Wildman–Crippen MR) is 102 cm³/mol. The SMILES string of the molecule is NC/C=C/c1cc(OCc2cccc(F)c2)c(Cl)cc1N1CC=CC1. The zero-order valence-electron chi connectivity index (χ0n) is 13.8. The summed E-state index contributed by atoms with van der Waals surface area (Å²) in [5.41, 5.74) is 8.38. The predicted octanol–water partition coefficient (Wildman–Crippen LogP) is 4.41. The van der Waals surface area contributed by atoms with E-state index in [0.717, 1.165) is 29.9 Å². The summed E-state index contributed by atoms with van der Waals surface area (Å²) in [7, 11) is 0. The van der Waals surface area contributed by atoms with Crippen LogP contribution in [0.25, 0.3) is 6.08 Å². The smallest absolute Gasteiger partial charge is 0.139 e. The van der Waals surface area contributed by atoms with Crippen LogP contribution in [-0.2, 0) is 6.61 Å². The molecule has 0 unspecified atom stereocenters. The Labute approximate surface area is 152 Å². The lowest BCUT2D eigenvalue weighted by Crippen LogP contribution is -2.19. The Bertz CT molecular complexity index is 796. The lowest BCUT2D eigenvalue weighted by Gasteiger charge is -2.22. The normalized spacial score (nSPS) is 13.8. The van der Waals surface area contributed by atoms with Gasteiger partial charge >= 0.3 is 0 Å². The molecule has 1 heterocycles. The maximum absolute atomic E-state index is 13.3. The first-order chi connectivity index (χ1) is 12.2. The van der Waals surface area contributed by atoms with Gasteiger partial charge in [0.25, 0.3) is 0 Å². The topological polar surface area (TPSA) is 38.5 Å². The van der Waals surface area contributed by atoms with Crippen LogP contribution in [0.2, 0.25) is 5.02 Å². The Morgan fingerprint density at radius 2 is 2.00 bits per heavy atom. The fourth-order valence-electron chi connectivity index (χ4n) is 2.73. The van der Waals surface area contributed by atoms with Gasteiger partial charge in [0, 0.05) is 30.9 Å². The van der Waals surface area contributed by atoms with E-state index in [1.807, 2.05) is 30.4 Å². The van der Waals surface area contributed by atoms with Gasteiger partial charge in [-0.3, -0.25) is 0 Å². The van der Waals surface area contributed by atoms with Crippen molar-refractivity contribution in [2.45, 2.75) is 6.61 Å². The fraction of sp³-hybridized carbons (Fsp3) is 0.200. The van der Waals surface area contributed by atoms with Crippen molar-refractivity contribution in [3.63, 3.8) is 0 Å². The van der Waals surface area contributed by atoms with Gasteiger partial charge in [0.1, 0.15) is 18.2 Å². The molecule has 1 aliphatic heterocycles. The number of anilines is 1. The van der Waals surface area contributed by atoms with E-state index in [1.54, 1.807) is 6.07 Å². The standard InChI is InChI=1S/C20H20ClFN2O/c21-18-13-19(24-9-1-2-10-24)16(6-4-8-23)12-20(18)25-14-15-5-3-7-17(22)11-15/h1-7,11-13H,8-10,14,23H2/b6-4+. The lowest BCUT2D eigenvalue weighted by molar-refractivity contribution is 0.305. The van der Waals surface area contributed by atoms with Gasteiger partial charge in [-0.25, -0.2) is 4.39 Å². The van der Waals surface area contributed by atoms with Gasteiger partial charge in [0.2, 0.25) is 0 Å². The van der Waals surface area contributed by atoms with E-state index >= 15 is 0 Å². The number of nitrogens with zero attached hydrogens (tertiary/aromatic N) is 1. The molecule has 0 aliphatic carbocycles. The van der Waals surface area contributed by atoms with Crippen molar-refractivity contribution >= 4 is 23.4 Å². The third kappa shape index (κ3) is 4.41. The van der Waals surface area contributed by atoms with E-state index in [9.17, 15) is 4.39 Å². The van der Waals surface area contributed by atoms with Crippen LogP contribution >= 0.6 is 11.6 Å². The highest BCUT2D eigenvalue weighted by molar-refractivity contribution is 6.32. The number of hydrogen-bond donors (Lipinski definition) is 1. The zero-order chi connectivity index (χ0) is 17.6. The third-order valence-corrected chi connectivity index (χ3v) is 4.25. The van der Waals surface area contributed by atoms with Crippen molar-refractivity contribution in [3.8, 4) is 5.75 Å². The van der Waals surface area contributed by atoms with Gasteiger partial charge < -0.3 is 15.4 Å². The maximum Gasteiger partial charge on any atom is 0.139 e. The molecular formula is C20H20ClFN2O. The Hall–Kier alpha value is -2.30. The number of hydrogen-bond acceptors (Lipinski definition) is 3. The van der Waals surface area contributed by atoms with Gasteiger partial charge in [-0.15, -0.1) is 0 Å². The summed E-state index contributed by atoms with van der Waals surface area (Å²) in [4.78, 5) is 2.22. The van der Waals surface area contributed by atoms with Crippen molar-refractivity contribution in [1.82, 2.24) is 0 Å². The summed E-state index contributed by atoms with van der Waals surface area (Å²) >= 11 is 6.42. The molecule has 0 amide bonds. The number of nitrogens with two attached hydrogens (primary N) is 1. The molecule has 2 aromatic rings. The van der Waals surface area contributed by atoms with Gasteiger partial charge in [-0.2, -0.15) is 0 Å². The number of rotatable bonds is 6. The molecule has 2 N–H and O–H groups in total. The highest BCUT2D eigenvalue weighted by Gasteiger charge is 2.15. The molecule has 0 bridgehead atoms. The highest BCUT2D eigenvalue weighted by Crippen LogP contribution is 2.35. The second-order valence-electron chi connectivity index (χ2n) is 5.77. The summed E-state index contributed by atoms with van der Waals surface area (Å²) in [6, 6.07) is 10.1. The van der Waals surface area contributed by atoms with Crippen molar-refractivity contribution in [1.29, 1.82) is 0 Å². The van der Waals surface area contributed by atoms with Gasteiger partial charge in [-0.1, -0.05) is 48.0 Å². The van der Waals surface area contributed by atoms with E-state index in [-0.39, 0.29) is 12.4 Å². The van der Waals surface area contributed by atoms with E-state index in [0.29, 0.717) is 17.3 Å². The minimum Gasteiger partial charge on any atom is -0.487 e. The number of ether oxygens (including phenoxy) is 1. The molecule has 1 aliphatic rings. The Morgan fingerprint density at radius 1 is 1.20 bits per heavy atom. The average Bonchev–Trinajstić information content (AvgIpc) is 3.14. The molecule has 0 spiro atoms. The minimum absolute atomic E-state index is 0.252. The van der Waals surface area contributed by atoms with Crippen LogP contribution in [0.15, 0.2) is 54.6 Å². The van der Waals surface area contributed by atoms with Crippen LogP contribution in [0.1, 0.15) is 11.1 Å². The van der Waals surface area contributed by atoms with Crippen LogP contribution in [-0.4, -0.2) is 19.6 Å². The molecule has 0 saturated carbocycles. The molecule has 3 rings (SSSR count). The van der Waals surface area contributed by atoms with Crippen LogP contribution in [0.4, 0.5) is 10.1 Å². The zero-order valence-corrected chi connectivity index (χ0v) is 14.5. The van der Waals surface area contributed by atoms with Crippen molar-refractivity contribution in [2.24, 2.45) is 5.73 Å². The molecule has 3 nitrogen and oxygen atoms in total. The molecule has 130 valence electrons.